The number of hydrogen-bond acceptors (Lipinski definition) is 6. The molecule has 1 saturated heterocycles. The highest BCUT2D eigenvalue weighted by atomic mass is 16.6. The van der Waals surface area contributed by atoms with Crippen molar-refractivity contribution in [1.29, 1.82) is 0 Å². The molecule has 0 radical (unpaired) electrons. The molecule has 0 bridgehead atoms. The van der Waals surface area contributed by atoms with Crippen molar-refractivity contribution in [3.05, 3.63) is 18.5 Å². The second-order valence-electron chi connectivity index (χ2n) is 7.82. The van der Waals surface area contributed by atoms with E-state index in [1.54, 1.807) is 17.3 Å². The Morgan fingerprint density at radius 1 is 1.21 bits per heavy atom. The van der Waals surface area contributed by atoms with Crippen molar-refractivity contribution in [1.82, 2.24) is 25.1 Å². The van der Waals surface area contributed by atoms with Crippen molar-refractivity contribution >= 4 is 18.0 Å². The summed E-state index contributed by atoms with van der Waals surface area (Å²) >= 11 is 0. The summed E-state index contributed by atoms with van der Waals surface area (Å²) in [4.78, 5) is 31.8. The number of ether oxygens (including phenoxy) is 1. The lowest BCUT2D eigenvalue weighted by molar-refractivity contribution is 0.0266. The molecule has 0 unspecified atom stereocenters. The quantitative estimate of drug-likeness (QED) is 0.571. The Kier molecular flexibility index (Phi) is 8.48. The Morgan fingerprint density at radius 2 is 1.86 bits per heavy atom. The Balaban J connectivity index is 1.90. The molecule has 9 heteroatoms. The lowest BCUT2D eigenvalue weighted by Crippen LogP contribution is -2.53. The molecule has 162 valence electrons. The van der Waals surface area contributed by atoms with Gasteiger partial charge in [0, 0.05) is 58.2 Å². The second kappa shape index (κ2) is 10.8. The molecule has 1 aliphatic rings. The number of hydrogen-bond donors (Lipinski definition) is 1. The molecule has 1 aromatic heterocycles. The van der Waals surface area contributed by atoms with E-state index >= 15 is 0 Å². The summed E-state index contributed by atoms with van der Waals surface area (Å²) in [5.41, 5.74) is -0.495. The minimum Gasteiger partial charge on any atom is -0.444 e. The number of aliphatic imine (C=N–C) groups is 1. The van der Waals surface area contributed by atoms with E-state index in [1.807, 2.05) is 33.8 Å². The molecule has 0 spiro atoms. The van der Waals surface area contributed by atoms with Gasteiger partial charge >= 0.3 is 6.09 Å². The Hall–Kier alpha value is -2.58. The first-order valence-electron chi connectivity index (χ1n) is 10.4. The zero-order chi connectivity index (χ0) is 21.3. The highest BCUT2D eigenvalue weighted by Crippen LogP contribution is 2.11. The molecular formula is C20H35N7O2. The smallest absolute Gasteiger partial charge is 0.410 e. The molecule has 2 rings (SSSR count). The molecule has 0 atom stereocenters. The summed E-state index contributed by atoms with van der Waals surface area (Å²) in [6, 6.07) is 1.83. The van der Waals surface area contributed by atoms with E-state index in [9.17, 15) is 4.79 Å². The number of amides is 1. The van der Waals surface area contributed by atoms with Gasteiger partial charge in [-0.05, 0) is 40.7 Å². The van der Waals surface area contributed by atoms with Gasteiger partial charge in [-0.3, -0.25) is 4.99 Å². The van der Waals surface area contributed by atoms with Crippen LogP contribution in [0.15, 0.2) is 23.5 Å². The van der Waals surface area contributed by atoms with Crippen molar-refractivity contribution in [2.75, 3.05) is 57.3 Å². The largest absolute Gasteiger partial charge is 0.444 e. The zero-order valence-electron chi connectivity index (χ0n) is 18.4. The maximum absolute atomic E-state index is 12.3. The van der Waals surface area contributed by atoms with E-state index < -0.39 is 5.60 Å². The van der Waals surface area contributed by atoms with Crippen LogP contribution in [0.5, 0.6) is 0 Å². The van der Waals surface area contributed by atoms with Gasteiger partial charge in [0.25, 0.3) is 0 Å². The third kappa shape index (κ3) is 7.40. The van der Waals surface area contributed by atoms with Crippen molar-refractivity contribution in [2.45, 2.75) is 40.2 Å². The van der Waals surface area contributed by atoms with Gasteiger partial charge in [0.1, 0.15) is 5.60 Å². The number of nitrogens with zero attached hydrogens (tertiary/aromatic N) is 6. The third-order valence-electron chi connectivity index (χ3n) is 4.41. The molecule has 0 saturated carbocycles. The summed E-state index contributed by atoms with van der Waals surface area (Å²) in [7, 11) is 0. The monoisotopic (exact) mass is 405 g/mol. The number of carbonyl (C=O) groups is 1. The Labute approximate surface area is 174 Å². The first kappa shape index (κ1) is 22.7. The molecule has 9 nitrogen and oxygen atoms in total. The number of carbonyl (C=O) groups excluding carboxylic acids is 1. The van der Waals surface area contributed by atoms with Crippen LogP contribution in [0, 0.1) is 0 Å². The van der Waals surface area contributed by atoms with E-state index in [-0.39, 0.29) is 6.09 Å². The SMILES string of the molecule is CCNC(=NCCN(CC)C(=O)OC(C)(C)C)N1CCN(c2ncccn2)CC1. The van der Waals surface area contributed by atoms with Gasteiger partial charge in [-0.15, -0.1) is 0 Å². The van der Waals surface area contributed by atoms with Crippen LogP contribution in [0.3, 0.4) is 0 Å². The highest BCUT2D eigenvalue weighted by molar-refractivity contribution is 5.80. The number of nitrogens with one attached hydrogen (secondary N) is 1. The fraction of sp³-hybridized carbons (Fsp3) is 0.700. The number of rotatable bonds is 6. The van der Waals surface area contributed by atoms with Crippen LogP contribution in [0.4, 0.5) is 10.7 Å². The molecular weight excluding hydrogens is 370 g/mol. The standard InChI is InChI=1S/C20H35N7O2/c1-6-21-17(24-11-12-25(7-2)19(28)29-20(3,4)5)26-13-15-27(16-14-26)18-22-9-8-10-23-18/h8-10H,6-7,11-16H2,1-5H3,(H,21,24). The van der Waals surface area contributed by atoms with Crippen LogP contribution in [0.2, 0.25) is 0 Å². The molecule has 2 heterocycles. The highest BCUT2D eigenvalue weighted by Gasteiger charge is 2.22. The number of aromatic nitrogens is 2. The number of anilines is 1. The average Bonchev–Trinajstić information content (AvgIpc) is 2.70. The lowest BCUT2D eigenvalue weighted by atomic mass is 10.2. The fourth-order valence-electron chi connectivity index (χ4n) is 2.98. The van der Waals surface area contributed by atoms with E-state index in [4.69, 9.17) is 9.73 Å². The summed E-state index contributed by atoms with van der Waals surface area (Å²) in [5, 5.41) is 3.36. The van der Waals surface area contributed by atoms with Gasteiger partial charge < -0.3 is 24.8 Å². The first-order chi connectivity index (χ1) is 13.8. The molecule has 0 aliphatic carbocycles. The van der Waals surface area contributed by atoms with E-state index in [0.29, 0.717) is 19.6 Å². The molecule has 1 N–H and O–H groups in total. The Bertz CT molecular complexity index is 653. The fourth-order valence-corrected chi connectivity index (χ4v) is 2.98. The molecule has 1 amide bonds. The number of guanidine groups is 1. The Morgan fingerprint density at radius 3 is 2.41 bits per heavy atom. The molecule has 1 fully saturated rings. The van der Waals surface area contributed by atoms with Crippen LogP contribution in [-0.2, 0) is 4.74 Å². The summed E-state index contributed by atoms with van der Waals surface area (Å²) in [5.74, 6) is 1.64. The summed E-state index contributed by atoms with van der Waals surface area (Å²) in [6.07, 6.45) is 3.24. The predicted octanol–water partition coefficient (Wildman–Crippen LogP) is 1.82. The van der Waals surface area contributed by atoms with Crippen LogP contribution in [0.25, 0.3) is 0 Å². The first-order valence-corrected chi connectivity index (χ1v) is 10.4. The van der Waals surface area contributed by atoms with Crippen LogP contribution in [-0.4, -0.2) is 89.8 Å². The van der Waals surface area contributed by atoms with Crippen molar-refractivity contribution < 1.29 is 9.53 Å². The van der Waals surface area contributed by atoms with Crippen LogP contribution < -0.4 is 10.2 Å². The van der Waals surface area contributed by atoms with Crippen molar-refractivity contribution in [3.8, 4) is 0 Å². The molecule has 29 heavy (non-hydrogen) atoms. The normalized spacial score (nSPS) is 15.3. The van der Waals surface area contributed by atoms with Gasteiger partial charge in [0.05, 0.1) is 6.54 Å². The molecule has 1 aliphatic heterocycles. The van der Waals surface area contributed by atoms with Gasteiger partial charge in [-0.1, -0.05) is 0 Å². The van der Waals surface area contributed by atoms with E-state index in [1.165, 1.54) is 0 Å². The molecule has 0 aromatic carbocycles. The predicted molar refractivity (Wildman–Crippen MR) is 115 cm³/mol. The van der Waals surface area contributed by atoms with E-state index in [0.717, 1.165) is 44.6 Å². The van der Waals surface area contributed by atoms with Gasteiger partial charge in [0.15, 0.2) is 5.96 Å². The maximum atomic E-state index is 12.3. The van der Waals surface area contributed by atoms with Gasteiger partial charge in [-0.25, -0.2) is 14.8 Å². The maximum Gasteiger partial charge on any atom is 0.410 e. The van der Waals surface area contributed by atoms with Crippen molar-refractivity contribution in [3.63, 3.8) is 0 Å². The van der Waals surface area contributed by atoms with E-state index in [2.05, 4.69) is 32.0 Å². The van der Waals surface area contributed by atoms with Crippen molar-refractivity contribution in [2.24, 2.45) is 4.99 Å². The lowest BCUT2D eigenvalue weighted by Gasteiger charge is -2.36. The minimum atomic E-state index is -0.495. The summed E-state index contributed by atoms with van der Waals surface area (Å²) < 4.78 is 5.46. The number of likely N-dealkylation sites (N-methyl/N-ethyl adjacent to an activating group) is 1. The van der Waals surface area contributed by atoms with Gasteiger partial charge in [0.2, 0.25) is 5.95 Å². The minimum absolute atomic E-state index is 0.295. The second-order valence-corrected chi connectivity index (χ2v) is 7.82. The van der Waals surface area contributed by atoms with Crippen LogP contribution >= 0.6 is 0 Å². The number of piperazine rings is 1. The zero-order valence-corrected chi connectivity index (χ0v) is 18.4. The van der Waals surface area contributed by atoms with Crippen LogP contribution in [0.1, 0.15) is 34.6 Å². The average molecular weight is 406 g/mol. The molecule has 1 aromatic rings. The van der Waals surface area contributed by atoms with Gasteiger partial charge in [-0.2, -0.15) is 0 Å². The topological polar surface area (TPSA) is 86.2 Å². The summed E-state index contributed by atoms with van der Waals surface area (Å²) in [6.45, 7) is 15.4. The third-order valence-corrected chi connectivity index (χ3v) is 4.41.